The van der Waals surface area contributed by atoms with Crippen molar-refractivity contribution in [2.45, 2.75) is 66.6 Å². The van der Waals surface area contributed by atoms with E-state index in [0.29, 0.717) is 36.0 Å². The number of Topliss-reactive ketones (excluding diaryl/α,β-unsaturated/α-hetero) is 1. The number of aromatic amines is 1. The largest absolute Gasteiger partial charge is 0.459 e. The van der Waals surface area contributed by atoms with E-state index in [-0.39, 0.29) is 18.0 Å². The van der Waals surface area contributed by atoms with Crippen LogP contribution in [0.1, 0.15) is 43.0 Å². The maximum Gasteiger partial charge on any atom is 0.340 e. The number of aromatic nitrogens is 1. The van der Waals surface area contributed by atoms with Crippen LogP contribution >= 0.6 is 11.8 Å². The monoisotopic (exact) mass is 608 g/mol. The Hall–Kier alpha value is -3.59. The number of piperidine rings is 4. The molecule has 0 amide bonds. The van der Waals surface area contributed by atoms with E-state index in [0.717, 1.165) is 43.1 Å². The van der Waals surface area contributed by atoms with Crippen LogP contribution < -0.4 is 4.90 Å². The highest BCUT2D eigenvalue weighted by atomic mass is 32.2. The minimum absolute atomic E-state index is 0.0356. The molecule has 1 aromatic heterocycles. The number of H-pyrrole nitrogens is 1. The molecule has 5 aliphatic heterocycles. The zero-order chi connectivity index (χ0) is 30.4. The zero-order valence-electron chi connectivity index (χ0n) is 25.6. The van der Waals surface area contributed by atoms with Gasteiger partial charge < -0.3 is 19.5 Å². The summed E-state index contributed by atoms with van der Waals surface area (Å²) in [6.45, 7) is 3.87. The number of likely N-dealkylation sites (N-methyl/N-ethyl adjacent to an activating group) is 1. The number of hydrogen-bond acceptors (Lipinski definition) is 7. The van der Waals surface area contributed by atoms with Gasteiger partial charge in [0, 0.05) is 70.3 Å². The highest BCUT2D eigenvalue weighted by molar-refractivity contribution is 7.99. The second-order valence-electron chi connectivity index (χ2n) is 12.8. The summed E-state index contributed by atoms with van der Waals surface area (Å²) in [6, 6.07) is 26.4. The first-order chi connectivity index (χ1) is 21.4. The molecule has 4 saturated heterocycles. The molecule has 6 atom stereocenters. The topological polar surface area (TPSA) is 68.9 Å². The van der Waals surface area contributed by atoms with Crippen LogP contribution in [0.4, 0.5) is 11.4 Å². The van der Waals surface area contributed by atoms with Gasteiger partial charge in [-0.15, -0.1) is 0 Å². The summed E-state index contributed by atoms with van der Waals surface area (Å²) >= 11 is 1.87. The predicted molar refractivity (Wildman–Crippen MR) is 176 cm³/mol. The summed E-state index contributed by atoms with van der Waals surface area (Å²) in [7, 11) is 4.28. The number of esters is 1. The average Bonchev–Trinajstić information content (AvgIpc) is 3.46. The molecule has 228 valence electrons. The van der Waals surface area contributed by atoms with Gasteiger partial charge in [-0.3, -0.25) is 9.69 Å². The maximum absolute atomic E-state index is 12.6. The van der Waals surface area contributed by atoms with Gasteiger partial charge in [0.1, 0.15) is 11.9 Å². The molecule has 4 fully saturated rings. The van der Waals surface area contributed by atoms with Crippen LogP contribution in [0, 0.1) is 5.92 Å². The Kier molecular flexibility index (Phi) is 7.99. The van der Waals surface area contributed by atoms with Crippen molar-refractivity contribution >= 4 is 45.8 Å². The smallest absolute Gasteiger partial charge is 0.340 e. The molecule has 6 heterocycles. The third-order valence-corrected chi connectivity index (χ3v) is 11.0. The summed E-state index contributed by atoms with van der Waals surface area (Å²) in [5.74, 6) is 0.403. The molecule has 3 aromatic carbocycles. The number of carbonyl (C=O) groups excluding carboxylic acids is 2. The molecule has 0 spiro atoms. The highest BCUT2D eigenvalue weighted by Crippen LogP contribution is 2.48. The number of para-hydroxylation sites is 3. The number of carbonyl (C=O) groups is 2. The minimum Gasteiger partial charge on any atom is -0.459 e. The normalized spacial score (nSPS) is 25.6. The van der Waals surface area contributed by atoms with Crippen LogP contribution in [0.25, 0.3) is 10.9 Å². The summed E-state index contributed by atoms with van der Waals surface area (Å²) in [5.41, 5.74) is 4.21. The fourth-order valence-corrected chi connectivity index (χ4v) is 8.37. The molecule has 7 nitrogen and oxygen atoms in total. The van der Waals surface area contributed by atoms with E-state index < -0.39 is 0 Å². The molecular weight excluding hydrogens is 568 g/mol. The van der Waals surface area contributed by atoms with Gasteiger partial charge in [0.25, 0.3) is 0 Å². The first-order valence-electron chi connectivity index (χ1n) is 15.7. The zero-order valence-corrected chi connectivity index (χ0v) is 26.4. The molecule has 0 radical (unpaired) electrons. The SMILES string of the molecule is CC(CN1c2ccccc2Sc2ccccc21)N(C)C.O=C(OC1C[C@@H]2CC3C[C@H](C1)N2CC3=O)c1c[nH]c2ccccc12. The lowest BCUT2D eigenvalue weighted by atomic mass is 9.72. The van der Waals surface area contributed by atoms with Crippen LogP contribution in [0.3, 0.4) is 0 Å². The number of nitrogens with one attached hydrogen (secondary N) is 1. The molecule has 44 heavy (non-hydrogen) atoms. The molecule has 4 unspecified atom stereocenters. The van der Waals surface area contributed by atoms with Crippen LogP contribution in [0.15, 0.2) is 88.8 Å². The van der Waals surface area contributed by atoms with E-state index in [1.165, 1.54) is 21.2 Å². The lowest BCUT2D eigenvalue weighted by molar-refractivity contribution is -0.145. The van der Waals surface area contributed by atoms with Crippen molar-refractivity contribution in [1.82, 2.24) is 14.8 Å². The number of benzene rings is 3. The van der Waals surface area contributed by atoms with E-state index >= 15 is 0 Å². The maximum atomic E-state index is 12.6. The van der Waals surface area contributed by atoms with Gasteiger partial charge in [0.15, 0.2) is 0 Å². The van der Waals surface area contributed by atoms with Gasteiger partial charge in [0.2, 0.25) is 0 Å². The lowest BCUT2D eigenvalue weighted by Crippen LogP contribution is -2.63. The average molecular weight is 609 g/mol. The molecule has 4 aromatic rings. The molecule has 5 aliphatic rings. The van der Waals surface area contributed by atoms with Crippen molar-refractivity contribution in [1.29, 1.82) is 0 Å². The van der Waals surface area contributed by atoms with Gasteiger partial charge in [-0.2, -0.15) is 0 Å². The molecule has 0 aliphatic carbocycles. The van der Waals surface area contributed by atoms with Crippen LogP contribution in [-0.4, -0.2) is 78.0 Å². The number of ketones is 1. The molecule has 1 N–H and O–H groups in total. The summed E-state index contributed by atoms with van der Waals surface area (Å²) < 4.78 is 5.84. The molecule has 4 bridgehead atoms. The molecule has 8 heteroatoms. The van der Waals surface area contributed by atoms with E-state index in [1.54, 1.807) is 6.20 Å². The molecular formula is C36H40N4O3S. The van der Waals surface area contributed by atoms with Crippen molar-refractivity contribution in [2.75, 3.05) is 32.1 Å². The third-order valence-electron chi connectivity index (χ3n) is 9.86. The van der Waals surface area contributed by atoms with E-state index in [9.17, 15) is 9.59 Å². The van der Waals surface area contributed by atoms with Gasteiger partial charge in [-0.25, -0.2) is 4.79 Å². The Morgan fingerprint density at radius 1 is 0.932 bits per heavy atom. The fraction of sp³-hybridized carbons (Fsp3) is 0.389. The molecule has 9 rings (SSSR count). The third kappa shape index (κ3) is 5.55. The Morgan fingerprint density at radius 2 is 1.55 bits per heavy atom. The molecule has 0 saturated carbocycles. The minimum atomic E-state index is -0.242. The number of ether oxygens (including phenoxy) is 1. The van der Waals surface area contributed by atoms with Gasteiger partial charge in [0.05, 0.1) is 23.5 Å². The summed E-state index contributed by atoms with van der Waals surface area (Å²) in [6.07, 6.45) is 5.29. The van der Waals surface area contributed by atoms with Crippen molar-refractivity contribution in [2.24, 2.45) is 5.92 Å². The van der Waals surface area contributed by atoms with Crippen LogP contribution in [0.2, 0.25) is 0 Å². The Balaban J connectivity index is 0.000000145. The number of hydrogen-bond donors (Lipinski definition) is 1. The number of rotatable bonds is 5. The Labute approximate surface area is 263 Å². The predicted octanol–water partition coefficient (Wildman–Crippen LogP) is 6.76. The van der Waals surface area contributed by atoms with Crippen molar-refractivity contribution in [3.8, 4) is 0 Å². The highest BCUT2D eigenvalue weighted by Gasteiger charge is 2.49. The first kappa shape index (κ1) is 29.1. The Morgan fingerprint density at radius 3 is 2.18 bits per heavy atom. The summed E-state index contributed by atoms with van der Waals surface area (Å²) in [5, 5.41) is 0.909. The van der Waals surface area contributed by atoms with Crippen molar-refractivity contribution in [3.05, 3.63) is 84.6 Å². The van der Waals surface area contributed by atoms with Crippen LogP contribution in [0.5, 0.6) is 0 Å². The quantitative estimate of drug-likeness (QED) is 0.251. The van der Waals surface area contributed by atoms with Gasteiger partial charge in [-0.05, 0) is 64.2 Å². The first-order valence-corrected chi connectivity index (χ1v) is 16.5. The Bertz CT molecular complexity index is 1620. The van der Waals surface area contributed by atoms with Gasteiger partial charge in [-0.1, -0.05) is 54.2 Å². The second-order valence-corrected chi connectivity index (χ2v) is 13.9. The number of anilines is 2. The van der Waals surface area contributed by atoms with E-state index in [4.69, 9.17) is 4.74 Å². The van der Waals surface area contributed by atoms with Crippen molar-refractivity contribution in [3.63, 3.8) is 0 Å². The van der Waals surface area contributed by atoms with Crippen molar-refractivity contribution < 1.29 is 14.3 Å². The van der Waals surface area contributed by atoms with Crippen LogP contribution in [-0.2, 0) is 9.53 Å². The second kappa shape index (κ2) is 12.1. The number of fused-ring (bicyclic) bond motifs is 4. The van der Waals surface area contributed by atoms with Gasteiger partial charge >= 0.3 is 5.97 Å². The lowest BCUT2D eigenvalue weighted by Gasteiger charge is -2.54. The van der Waals surface area contributed by atoms with E-state index in [1.807, 2.05) is 36.0 Å². The number of nitrogens with zero attached hydrogens (tertiary/aromatic N) is 3. The standard InChI is InChI=1S/C19H20N2O3.C17H20N2S/c22-18-10-21-12-5-11(18)6-13(21)8-14(7-12)24-19(23)16-9-20-17-4-2-1-3-15(16)17;1-13(18(2)3)12-19-14-8-4-6-10-16(14)20-17-11-7-5-9-15(17)19/h1-4,9,11-14,20H,5-8,10H2;4-11,13H,12H2,1-3H3/t11?,12-,13+,14?;. The fourth-order valence-electron chi connectivity index (χ4n) is 7.28. The van der Waals surface area contributed by atoms with E-state index in [2.05, 4.69) is 89.2 Å². The summed E-state index contributed by atoms with van der Waals surface area (Å²) in [4.78, 5) is 37.4.